The molecule has 1 aromatic rings. The fourth-order valence-electron chi connectivity index (χ4n) is 3.86. The highest BCUT2D eigenvalue weighted by Gasteiger charge is 2.28. The Morgan fingerprint density at radius 1 is 1.26 bits per heavy atom. The molecule has 7 heteroatoms. The summed E-state index contributed by atoms with van der Waals surface area (Å²) in [5, 5.41) is 0. The van der Waals surface area contributed by atoms with Crippen LogP contribution in [0.2, 0.25) is 0 Å². The third-order valence-electron chi connectivity index (χ3n) is 5.19. The van der Waals surface area contributed by atoms with E-state index in [4.69, 9.17) is 13.9 Å². The van der Waals surface area contributed by atoms with Crippen LogP contribution in [0, 0.1) is 6.92 Å². The number of carbonyl (C=O) groups is 2. The normalized spacial score (nSPS) is 25.6. The first kappa shape index (κ1) is 19.9. The van der Waals surface area contributed by atoms with Crippen LogP contribution in [0.1, 0.15) is 49.2 Å². The van der Waals surface area contributed by atoms with Crippen molar-refractivity contribution < 1.29 is 23.5 Å². The number of amides is 2. The van der Waals surface area contributed by atoms with Crippen molar-refractivity contribution in [2.45, 2.75) is 58.3 Å². The first-order valence-corrected chi connectivity index (χ1v) is 9.82. The SMILES string of the molecule is Cc1occc1C(=O)N(CCC(=O)N1C[C@H](C)O[C@@H](C)C1)C[C@@H]1CCCO1. The monoisotopic (exact) mass is 378 g/mol. The summed E-state index contributed by atoms with van der Waals surface area (Å²) in [6.45, 7) is 8.55. The van der Waals surface area contributed by atoms with Gasteiger partial charge in [-0.15, -0.1) is 0 Å². The number of hydrogen-bond donors (Lipinski definition) is 0. The van der Waals surface area contributed by atoms with E-state index >= 15 is 0 Å². The number of hydrogen-bond acceptors (Lipinski definition) is 5. The van der Waals surface area contributed by atoms with E-state index in [9.17, 15) is 9.59 Å². The molecule has 0 aliphatic carbocycles. The highest BCUT2D eigenvalue weighted by atomic mass is 16.5. The Morgan fingerprint density at radius 3 is 2.59 bits per heavy atom. The summed E-state index contributed by atoms with van der Waals surface area (Å²) in [4.78, 5) is 29.2. The van der Waals surface area contributed by atoms with Crippen molar-refractivity contribution in [2.75, 3.05) is 32.8 Å². The van der Waals surface area contributed by atoms with Crippen molar-refractivity contribution in [2.24, 2.45) is 0 Å². The van der Waals surface area contributed by atoms with E-state index in [0.717, 1.165) is 19.4 Å². The van der Waals surface area contributed by atoms with Gasteiger partial charge in [0, 0.05) is 39.2 Å². The third-order valence-corrected chi connectivity index (χ3v) is 5.19. The summed E-state index contributed by atoms with van der Waals surface area (Å²) in [5.41, 5.74) is 0.550. The molecule has 0 radical (unpaired) electrons. The van der Waals surface area contributed by atoms with Gasteiger partial charge in [-0.3, -0.25) is 9.59 Å². The van der Waals surface area contributed by atoms with Gasteiger partial charge >= 0.3 is 0 Å². The van der Waals surface area contributed by atoms with Gasteiger partial charge in [-0.05, 0) is 39.7 Å². The van der Waals surface area contributed by atoms with Crippen molar-refractivity contribution >= 4 is 11.8 Å². The highest BCUT2D eigenvalue weighted by molar-refractivity contribution is 5.95. The molecule has 2 fully saturated rings. The zero-order chi connectivity index (χ0) is 19.4. The molecule has 3 atom stereocenters. The number of nitrogens with zero attached hydrogens (tertiary/aromatic N) is 2. The van der Waals surface area contributed by atoms with Crippen molar-refractivity contribution in [3.8, 4) is 0 Å². The van der Waals surface area contributed by atoms with Crippen LogP contribution in [-0.2, 0) is 14.3 Å². The van der Waals surface area contributed by atoms with Crippen LogP contribution < -0.4 is 0 Å². The second kappa shape index (κ2) is 8.89. The average Bonchev–Trinajstić information content (AvgIpc) is 3.28. The van der Waals surface area contributed by atoms with Crippen LogP contribution in [0.5, 0.6) is 0 Å². The molecule has 27 heavy (non-hydrogen) atoms. The molecule has 2 aliphatic rings. The van der Waals surface area contributed by atoms with Gasteiger partial charge in [0.05, 0.1) is 30.1 Å². The predicted octanol–water partition coefficient (Wildman–Crippen LogP) is 2.24. The molecule has 0 unspecified atom stereocenters. The van der Waals surface area contributed by atoms with Crippen molar-refractivity contribution in [3.63, 3.8) is 0 Å². The van der Waals surface area contributed by atoms with E-state index in [1.54, 1.807) is 17.9 Å². The Hall–Kier alpha value is -1.86. The molecule has 3 rings (SSSR count). The van der Waals surface area contributed by atoms with Crippen LogP contribution in [0.4, 0.5) is 0 Å². The van der Waals surface area contributed by atoms with E-state index in [1.807, 2.05) is 18.7 Å². The quantitative estimate of drug-likeness (QED) is 0.759. The minimum atomic E-state index is -0.103. The average molecular weight is 378 g/mol. The van der Waals surface area contributed by atoms with Crippen LogP contribution in [-0.4, -0.2) is 72.7 Å². The second-order valence-corrected chi connectivity index (χ2v) is 7.58. The maximum absolute atomic E-state index is 13.0. The van der Waals surface area contributed by atoms with E-state index in [1.165, 1.54) is 6.26 Å². The van der Waals surface area contributed by atoms with Gasteiger partial charge in [0.1, 0.15) is 5.76 Å². The molecule has 2 amide bonds. The predicted molar refractivity (Wildman–Crippen MR) is 99.5 cm³/mol. The topological polar surface area (TPSA) is 72.2 Å². The molecule has 0 saturated carbocycles. The summed E-state index contributed by atoms with van der Waals surface area (Å²) in [5.74, 6) is 0.554. The van der Waals surface area contributed by atoms with Crippen molar-refractivity contribution in [3.05, 3.63) is 23.7 Å². The lowest BCUT2D eigenvalue weighted by Crippen LogP contribution is -2.49. The van der Waals surface area contributed by atoms with Gasteiger partial charge in [-0.25, -0.2) is 0 Å². The molecule has 2 saturated heterocycles. The first-order valence-electron chi connectivity index (χ1n) is 9.82. The first-order chi connectivity index (χ1) is 12.9. The maximum Gasteiger partial charge on any atom is 0.257 e. The summed E-state index contributed by atoms with van der Waals surface area (Å²) in [6, 6.07) is 1.69. The van der Waals surface area contributed by atoms with E-state index in [2.05, 4.69) is 0 Å². The minimum absolute atomic E-state index is 0.0379. The number of furan rings is 1. The molecule has 3 heterocycles. The van der Waals surface area contributed by atoms with E-state index < -0.39 is 0 Å². The van der Waals surface area contributed by atoms with Crippen LogP contribution in [0.25, 0.3) is 0 Å². The van der Waals surface area contributed by atoms with Crippen molar-refractivity contribution in [1.82, 2.24) is 9.80 Å². The van der Waals surface area contributed by atoms with E-state index in [-0.39, 0.29) is 30.1 Å². The summed E-state index contributed by atoms with van der Waals surface area (Å²) in [6.07, 6.45) is 3.90. The van der Waals surface area contributed by atoms with Crippen LogP contribution in [0.3, 0.4) is 0 Å². The Morgan fingerprint density at radius 2 is 2.00 bits per heavy atom. The Bertz CT molecular complexity index is 643. The summed E-state index contributed by atoms with van der Waals surface area (Å²) in [7, 11) is 0. The fourth-order valence-corrected chi connectivity index (χ4v) is 3.86. The Labute approximate surface area is 160 Å². The largest absolute Gasteiger partial charge is 0.469 e. The molecule has 0 spiro atoms. The lowest BCUT2D eigenvalue weighted by atomic mass is 10.1. The molecule has 2 aliphatic heterocycles. The van der Waals surface area contributed by atoms with Crippen LogP contribution >= 0.6 is 0 Å². The number of carbonyl (C=O) groups excluding carboxylic acids is 2. The zero-order valence-corrected chi connectivity index (χ0v) is 16.5. The molecule has 0 aromatic carbocycles. The van der Waals surface area contributed by atoms with Gasteiger partial charge in [-0.1, -0.05) is 0 Å². The van der Waals surface area contributed by atoms with Crippen molar-refractivity contribution in [1.29, 1.82) is 0 Å². The van der Waals surface area contributed by atoms with Gasteiger partial charge in [0.2, 0.25) is 5.91 Å². The lowest BCUT2D eigenvalue weighted by Gasteiger charge is -2.36. The zero-order valence-electron chi connectivity index (χ0n) is 16.5. The van der Waals surface area contributed by atoms with Gasteiger partial charge in [0.25, 0.3) is 5.91 Å². The number of rotatable bonds is 6. The number of ether oxygens (including phenoxy) is 2. The van der Waals surface area contributed by atoms with Gasteiger partial charge in [0.15, 0.2) is 0 Å². The maximum atomic E-state index is 13.0. The minimum Gasteiger partial charge on any atom is -0.469 e. The molecule has 1 aromatic heterocycles. The lowest BCUT2D eigenvalue weighted by molar-refractivity contribution is -0.143. The molecular weight excluding hydrogens is 348 g/mol. The highest BCUT2D eigenvalue weighted by Crippen LogP contribution is 2.18. The third kappa shape index (κ3) is 5.11. The molecule has 7 nitrogen and oxygen atoms in total. The fraction of sp³-hybridized carbons (Fsp3) is 0.700. The summed E-state index contributed by atoms with van der Waals surface area (Å²) < 4.78 is 16.7. The number of aryl methyl sites for hydroxylation is 1. The Balaban J connectivity index is 1.63. The molecular formula is C20H30N2O5. The molecule has 150 valence electrons. The Kier molecular flexibility index (Phi) is 6.55. The summed E-state index contributed by atoms with van der Waals surface area (Å²) >= 11 is 0. The second-order valence-electron chi connectivity index (χ2n) is 7.58. The van der Waals surface area contributed by atoms with Gasteiger partial charge < -0.3 is 23.7 Å². The van der Waals surface area contributed by atoms with Crippen LogP contribution in [0.15, 0.2) is 16.7 Å². The molecule has 0 bridgehead atoms. The molecule has 0 N–H and O–H groups in total. The van der Waals surface area contributed by atoms with Gasteiger partial charge in [-0.2, -0.15) is 0 Å². The number of morpholine rings is 1. The smallest absolute Gasteiger partial charge is 0.257 e. The van der Waals surface area contributed by atoms with E-state index in [0.29, 0.717) is 43.9 Å². The standard InChI is InChI=1S/C20H30N2O5/c1-14-11-22(12-15(2)27-14)19(23)6-8-21(13-17-5-4-9-26-17)20(24)18-7-10-25-16(18)3/h7,10,14-15,17H,4-6,8-9,11-13H2,1-3H3/t14-,15-,17-/m0/s1.